The van der Waals surface area contributed by atoms with Gasteiger partial charge in [-0.15, -0.1) is 0 Å². The first-order chi connectivity index (χ1) is 8.84. The zero-order valence-corrected chi connectivity index (χ0v) is 10.9. The zero-order valence-electron chi connectivity index (χ0n) is 10.9. The monoisotopic (exact) mass is 271 g/mol. The Bertz CT molecular complexity index is 436. The number of nitrogens with one attached hydrogen (secondary N) is 1. The van der Waals surface area contributed by atoms with Crippen LogP contribution in [-0.4, -0.2) is 41.0 Å². The van der Waals surface area contributed by atoms with E-state index in [0.29, 0.717) is 0 Å². The molecule has 0 aliphatic rings. The van der Waals surface area contributed by atoms with Crippen LogP contribution < -0.4 is 10.1 Å². The lowest BCUT2D eigenvalue weighted by atomic mass is 10.1. The highest BCUT2D eigenvalue weighted by atomic mass is 19.1. The Labute approximate surface area is 111 Å². The first-order valence-electron chi connectivity index (χ1n) is 5.87. The molecule has 0 fully saturated rings. The van der Waals surface area contributed by atoms with Gasteiger partial charge in [0.15, 0.2) is 6.10 Å². The molecule has 1 aromatic carbocycles. The first kappa shape index (κ1) is 15.4. The number of hydrogen-bond acceptors (Lipinski definition) is 4. The van der Waals surface area contributed by atoms with Crippen molar-refractivity contribution in [2.24, 2.45) is 0 Å². The predicted octanol–water partition coefficient (Wildman–Crippen LogP) is 0.452. The van der Waals surface area contributed by atoms with E-state index in [1.807, 2.05) is 0 Å². The third kappa shape index (κ3) is 5.23. The summed E-state index contributed by atoms with van der Waals surface area (Å²) < 4.78 is 18.2. The molecular weight excluding hydrogens is 253 g/mol. The molecule has 0 aliphatic carbocycles. The third-order valence-electron chi connectivity index (χ3n) is 2.46. The summed E-state index contributed by atoms with van der Waals surface area (Å²) in [5.41, 5.74) is -1.38. The summed E-state index contributed by atoms with van der Waals surface area (Å²) in [5, 5.41) is 20.8. The molecule has 0 radical (unpaired) electrons. The van der Waals surface area contributed by atoms with E-state index in [1.54, 1.807) is 0 Å². The summed E-state index contributed by atoms with van der Waals surface area (Å²) in [6.45, 7) is 2.34. The average molecular weight is 271 g/mol. The largest absolute Gasteiger partial charge is 0.481 e. The van der Waals surface area contributed by atoms with Gasteiger partial charge in [-0.1, -0.05) is 6.07 Å². The second kappa shape index (κ2) is 6.49. The summed E-state index contributed by atoms with van der Waals surface area (Å²) in [5.74, 6) is -0.664. The van der Waals surface area contributed by atoms with Crippen LogP contribution in [0, 0.1) is 5.82 Å². The van der Waals surface area contributed by atoms with Gasteiger partial charge in [0.25, 0.3) is 5.91 Å². The summed E-state index contributed by atoms with van der Waals surface area (Å²) in [6, 6.07) is 5.46. The number of ether oxygens (including phenoxy) is 1. The highest BCUT2D eigenvalue weighted by molar-refractivity contribution is 5.80. The van der Waals surface area contributed by atoms with Gasteiger partial charge >= 0.3 is 0 Å². The predicted molar refractivity (Wildman–Crippen MR) is 67.2 cm³/mol. The molecule has 2 atom stereocenters. The third-order valence-corrected chi connectivity index (χ3v) is 2.46. The number of carbonyl (C=O) groups is 1. The first-order valence-corrected chi connectivity index (χ1v) is 5.87. The van der Waals surface area contributed by atoms with Crippen LogP contribution in [0.3, 0.4) is 0 Å². The SMILES string of the molecule is CC(Oc1cccc(F)c1)C(=O)NCC(C)(O)CO. The minimum Gasteiger partial charge on any atom is -0.481 e. The number of aliphatic hydroxyl groups is 2. The summed E-state index contributed by atoms with van der Waals surface area (Å²) >= 11 is 0. The van der Waals surface area contributed by atoms with Crippen LogP contribution in [-0.2, 0) is 4.79 Å². The van der Waals surface area contributed by atoms with Gasteiger partial charge in [0.1, 0.15) is 17.2 Å². The molecule has 6 heteroatoms. The molecule has 3 N–H and O–H groups in total. The minimum atomic E-state index is -1.38. The van der Waals surface area contributed by atoms with Crippen LogP contribution in [0.4, 0.5) is 4.39 Å². The molecule has 0 saturated heterocycles. The number of halogens is 1. The number of benzene rings is 1. The second-order valence-corrected chi connectivity index (χ2v) is 4.59. The number of amides is 1. The number of aliphatic hydroxyl groups excluding tert-OH is 1. The van der Waals surface area contributed by atoms with Crippen molar-refractivity contribution < 1.29 is 24.1 Å². The van der Waals surface area contributed by atoms with Gasteiger partial charge in [-0.3, -0.25) is 4.79 Å². The van der Waals surface area contributed by atoms with Crippen molar-refractivity contribution in [3.8, 4) is 5.75 Å². The quantitative estimate of drug-likeness (QED) is 0.702. The fourth-order valence-electron chi connectivity index (χ4n) is 1.28. The Hall–Kier alpha value is -1.66. The fraction of sp³-hybridized carbons (Fsp3) is 0.462. The lowest BCUT2D eigenvalue weighted by molar-refractivity contribution is -0.128. The second-order valence-electron chi connectivity index (χ2n) is 4.59. The van der Waals surface area contributed by atoms with Gasteiger partial charge in [-0.05, 0) is 26.0 Å². The molecule has 0 bridgehead atoms. The Morgan fingerprint density at radius 3 is 2.84 bits per heavy atom. The van der Waals surface area contributed by atoms with Crippen LogP contribution >= 0.6 is 0 Å². The topological polar surface area (TPSA) is 78.8 Å². The maximum atomic E-state index is 12.9. The standard InChI is InChI=1S/C13H18FNO4/c1-9(12(17)15-7-13(2,18)8-16)19-11-5-3-4-10(14)6-11/h3-6,9,16,18H,7-8H2,1-2H3,(H,15,17). The number of carbonyl (C=O) groups excluding carboxylic acids is 1. The van der Waals surface area contributed by atoms with Crippen molar-refractivity contribution in [3.05, 3.63) is 30.1 Å². The smallest absolute Gasteiger partial charge is 0.260 e. The van der Waals surface area contributed by atoms with Crippen LogP contribution in [0.5, 0.6) is 5.75 Å². The van der Waals surface area contributed by atoms with Crippen LogP contribution in [0.1, 0.15) is 13.8 Å². The molecule has 1 rings (SSSR count). The van der Waals surface area contributed by atoms with E-state index in [4.69, 9.17) is 9.84 Å². The molecule has 106 valence electrons. The normalized spacial score (nSPS) is 15.4. The van der Waals surface area contributed by atoms with Crippen molar-refractivity contribution in [2.75, 3.05) is 13.2 Å². The molecule has 19 heavy (non-hydrogen) atoms. The molecule has 2 unspecified atom stereocenters. The van der Waals surface area contributed by atoms with Gasteiger partial charge < -0.3 is 20.3 Å². The van der Waals surface area contributed by atoms with E-state index in [0.717, 1.165) is 0 Å². The van der Waals surface area contributed by atoms with E-state index < -0.39 is 30.0 Å². The Morgan fingerprint density at radius 2 is 2.26 bits per heavy atom. The van der Waals surface area contributed by atoms with Crippen molar-refractivity contribution >= 4 is 5.91 Å². The van der Waals surface area contributed by atoms with Gasteiger partial charge in [-0.2, -0.15) is 0 Å². The molecule has 0 spiro atoms. The Balaban J connectivity index is 2.49. The number of rotatable bonds is 6. The molecule has 0 saturated carbocycles. The molecule has 0 aliphatic heterocycles. The van der Waals surface area contributed by atoms with Crippen molar-refractivity contribution in [2.45, 2.75) is 25.6 Å². The highest BCUT2D eigenvalue weighted by Crippen LogP contribution is 2.13. The molecule has 5 nitrogen and oxygen atoms in total. The summed E-state index contributed by atoms with van der Waals surface area (Å²) in [7, 11) is 0. The number of hydrogen-bond donors (Lipinski definition) is 3. The molecule has 0 heterocycles. The van der Waals surface area contributed by atoms with Gasteiger partial charge in [0.05, 0.1) is 6.61 Å². The van der Waals surface area contributed by atoms with Gasteiger partial charge in [0, 0.05) is 12.6 Å². The van der Waals surface area contributed by atoms with Crippen LogP contribution in [0.15, 0.2) is 24.3 Å². The highest BCUT2D eigenvalue weighted by Gasteiger charge is 2.22. The van der Waals surface area contributed by atoms with Gasteiger partial charge in [0.2, 0.25) is 0 Å². The van der Waals surface area contributed by atoms with Crippen molar-refractivity contribution in [3.63, 3.8) is 0 Å². The van der Waals surface area contributed by atoms with E-state index >= 15 is 0 Å². The molecule has 1 amide bonds. The molecule has 1 aromatic rings. The maximum Gasteiger partial charge on any atom is 0.260 e. The Kier molecular flexibility index (Phi) is 5.26. The van der Waals surface area contributed by atoms with Crippen molar-refractivity contribution in [1.82, 2.24) is 5.32 Å². The minimum absolute atomic E-state index is 0.0980. The average Bonchev–Trinajstić information content (AvgIpc) is 2.36. The van der Waals surface area contributed by atoms with E-state index in [-0.39, 0.29) is 12.3 Å². The summed E-state index contributed by atoms with van der Waals surface area (Å²) in [6.07, 6.45) is -0.837. The molecular formula is C13H18FNO4. The van der Waals surface area contributed by atoms with E-state index in [1.165, 1.54) is 38.1 Å². The lowest BCUT2D eigenvalue weighted by Gasteiger charge is -2.22. The molecule has 0 aromatic heterocycles. The lowest BCUT2D eigenvalue weighted by Crippen LogP contribution is -2.46. The van der Waals surface area contributed by atoms with Crippen LogP contribution in [0.2, 0.25) is 0 Å². The summed E-state index contributed by atoms with van der Waals surface area (Å²) in [4.78, 5) is 11.7. The zero-order chi connectivity index (χ0) is 14.5. The van der Waals surface area contributed by atoms with Gasteiger partial charge in [-0.25, -0.2) is 4.39 Å². The maximum absolute atomic E-state index is 12.9. The Morgan fingerprint density at radius 1 is 1.58 bits per heavy atom. The van der Waals surface area contributed by atoms with Crippen molar-refractivity contribution in [1.29, 1.82) is 0 Å². The van der Waals surface area contributed by atoms with E-state index in [2.05, 4.69) is 5.32 Å². The van der Waals surface area contributed by atoms with E-state index in [9.17, 15) is 14.3 Å². The van der Waals surface area contributed by atoms with Crippen LogP contribution in [0.25, 0.3) is 0 Å². The fourth-order valence-corrected chi connectivity index (χ4v) is 1.28.